The Morgan fingerprint density at radius 1 is 0.760 bits per heavy atom. The summed E-state index contributed by atoms with van der Waals surface area (Å²) in [6.45, 7) is -0.959. The molecular formula is C14H20O11. The van der Waals surface area contributed by atoms with Gasteiger partial charge in [0.05, 0.1) is 13.2 Å². The zero-order valence-electron chi connectivity index (χ0n) is 12.8. The van der Waals surface area contributed by atoms with E-state index in [1.165, 1.54) is 0 Å². The first-order chi connectivity index (χ1) is 11.7. The second kappa shape index (κ2) is 7.47. The Kier molecular flexibility index (Phi) is 5.77. The van der Waals surface area contributed by atoms with Gasteiger partial charge in [0.2, 0.25) is 17.2 Å². The molecule has 25 heavy (non-hydrogen) atoms. The van der Waals surface area contributed by atoms with E-state index >= 15 is 0 Å². The van der Waals surface area contributed by atoms with Gasteiger partial charge in [0.15, 0.2) is 17.8 Å². The number of benzene rings is 1. The molecule has 1 aromatic rings. The second-order valence-corrected chi connectivity index (χ2v) is 5.54. The highest BCUT2D eigenvalue weighted by Crippen LogP contribution is 2.50. The van der Waals surface area contributed by atoms with Crippen molar-refractivity contribution in [3.05, 3.63) is 5.56 Å². The zero-order valence-corrected chi connectivity index (χ0v) is 12.8. The van der Waals surface area contributed by atoms with Crippen LogP contribution in [-0.4, -0.2) is 89.9 Å². The fraction of sp³-hybridized carbons (Fsp3) is 0.571. The van der Waals surface area contributed by atoms with E-state index in [1.54, 1.807) is 0 Å². The molecule has 1 aromatic carbocycles. The van der Waals surface area contributed by atoms with Gasteiger partial charge in [-0.05, 0) is 0 Å². The molecule has 0 aliphatic carbocycles. The van der Waals surface area contributed by atoms with Gasteiger partial charge >= 0.3 is 0 Å². The van der Waals surface area contributed by atoms with Crippen molar-refractivity contribution in [1.82, 2.24) is 0 Å². The Labute approximate surface area is 141 Å². The quantitative estimate of drug-likeness (QED) is 0.199. The third kappa shape index (κ3) is 3.51. The largest absolute Gasteiger partial charge is 0.504 e. The van der Waals surface area contributed by atoms with E-state index in [0.29, 0.717) is 0 Å². The van der Waals surface area contributed by atoms with E-state index in [4.69, 9.17) is 14.6 Å². The molecule has 11 nitrogen and oxygen atoms in total. The van der Waals surface area contributed by atoms with Crippen LogP contribution >= 0.6 is 0 Å². The molecule has 1 aliphatic heterocycles. The number of hydrogen-bond acceptors (Lipinski definition) is 11. The molecule has 0 saturated carbocycles. The first kappa shape index (κ1) is 19.3. The maximum absolute atomic E-state index is 9.80. The molecule has 2 rings (SSSR count). The van der Waals surface area contributed by atoms with Gasteiger partial charge in [-0.15, -0.1) is 0 Å². The summed E-state index contributed by atoms with van der Waals surface area (Å²) in [5, 5.41) is 85.7. The normalized spacial score (nSPS) is 29.7. The first-order valence-corrected chi connectivity index (χ1v) is 7.30. The number of hydrogen-bond donors (Lipinski definition) is 9. The highest BCUT2D eigenvalue weighted by Gasteiger charge is 2.44. The average Bonchev–Trinajstić information content (AvgIpc) is 2.61. The minimum atomic E-state index is -1.63. The molecule has 9 N–H and O–H groups in total. The fourth-order valence-corrected chi connectivity index (χ4v) is 2.45. The van der Waals surface area contributed by atoms with Crippen LogP contribution in [0.4, 0.5) is 0 Å². The van der Waals surface area contributed by atoms with Crippen LogP contribution in [0, 0.1) is 0 Å². The number of ether oxygens (including phenoxy) is 2. The Balaban J connectivity index is 2.06. The van der Waals surface area contributed by atoms with Gasteiger partial charge in [-0.1, -0.05) is 0 Å². The number of phenolic OH excluding ortho intramolecular Hbond substituents is 5. The van der Waals surface area contributed by atoms with Crippen LogP contribution in [0.2, 0.25) is 0 Å². The lowest BCUT2D eigenvalue weighted by molar-refractivity contribution is -0.300. The molecule has 0 unspecified atom stereocenters. The summed E-state index contributed by atoms with van der Waals surface area (Å²) in [5.41, 5.74) is -0.336. The van der Waals surface area contributed by atoms with Crippen LogP contribution in [0.1, 0.15) is 5.56 Å². The van der Waals surface area contributed by atoms with Crippen molar-refractivity contribution in [2.75, 3.05) is 13.2 Å². The summed E-state index contributed by atoms with van der Waals surface area (Å²) in [4.78, 5) is 0. The minimum Gasteiger partial charge on any atom is -0.504 e. The lowest BCUT2D eigenvalue weighted by Crippen LogP contribution is -2.59. The number of aliphatic hydroxyl groups excluding tert-OH is 4. The van der Waals surface area contributed by atoms with Gasteiger partial charge in [0.25, 0.3) is 0 Å². The Bertz CT molecular complexity index is 588. The van der Waals surface area contributed by atoms with Gasteiger partial charge in [0.1, 0.15) is 24.4 Å². The molecule has 1 saturated heterocycles. The van der Waals surface area contributed by atoms with Crippen molar-refractivity contribution in [2.24, 2.45) is 0 Å². The predicted octanol–water partition coefficient (Wildman–Crippen LogP) is -2.43. The molecule has 0 spiro atoms. The van der Waals surface area contributed by atoms with Crippen LogP contribution in [0.3, 0.4) is 0 Å². The molecule has 5 atom stereocenters. The smallest absolute Gasteiger partial charge is 0.208 e. The van der Waals surface area contributed by atoms with E-state index in [9.17, 15) is 40.9 Å². The van der Waals surface area contributed by atoms with Crippen LogP contribution in [0.5, 0.6) is 28.7 Å². The molecule has 0 amide bonds. The van der Waals surface area contributed by atoms with Gasteiger partial charge in [0, 0.05) is 12.0 Å². The third-order valence-corrected chi connectivity index (χ3v) is 3.95. The number of aliphatic hydroxyl groups is 4. The molecular weight excluding hydrogens is 344 g/mol. The monoisotopic (exact) mass is 364 g/mol. The number of phenols is 5. The van der Waals surface area contributed by atoms with E-state index < -0.39 is 66.1 Å². The van der Waals surface area contributed by atoms with E-state index in [-0.39, 0.29) is 18.6 Å². The second-order valence-electron chi connectivity index (χ2n) is 5.54. The first-order valence-electron chi connectivity index (χ1n) is 7.30. The molecule has 11 heteroatoms. The summed E-state index contributed by atoms with van der Waals surface area (Å²) in [6.07, 6.45) is -7.65. The summed E-state index contributed by atoms with van der Waals surface area (Å²) in [7, 11) is 0. The standard InChI is InChI=1S/C14H20O11/c15-3-5-8(18)11(21)13(23)14(25-5)24-2-1-4-6(16)9(19)12(22)10(20)7(4)17/h5,8,11,13-23H,1-3H2/t5-,8-,11+,13-,14-/m1/s1. The molecule has 1 heterocycles. The topological polar surface area (TPSA) is 201 Å². The van der Waals surface area contributed by atoms with Crippen LogP contribution in [0.25, 0.3) is 0 Å². The predicted molar refractivity (Wildman–Crippen MR) is 78.2 cm³/mol. The van der Waals surface area contributed by atoms with E-state index in [0.717, 1.165) is 0 Å². The van der Waals surface area contributed by atoms with Gasteiger partial charge in [-0.3, -0.25) is 0 Å². The van der Waals surface area contributed by atoms with E-state index in [2.05, 4.69) is 0 Å². The molecule has 0 aromatic heterocycles. The minimum absolute atomic E-state index is 0.284. The SMILES string of the molecule is OC[C@H]1O[C@@H](OCCc2c(O)c(O)c(O)c(O)c2O)[C@H](O)[C@@H](O)[C@@H]1O. The molecule has 1 fully saturated rings. The van der Waals surface area contributed by atoms with Crippen LogP contribution < -0.4 is 0 Å². The van der Waals surface area contributed by atoms with Crippen molar-refractivity contribution < 1.29 is 55.4 Å². The van der Waals surface area contributed by atoms with Crippen molar-refractivity contribution in [3.8, 4) is 28.7 Å². The van der Waals surface area contributed by atoms with Crippen molar-refractivity contribution in [2.45, 2.75) is 37.1 Å². The van der Waals surface area contributed by atoms with Crippen LogP contribution in [0.15, 0.2) is 0 Å². The van der Waals surface area contributed by atoms with Crippen molar-refractivity contribution >= 4 is 0 Å². The molecule has 142 valence electrons. The summed E-state index contributed by atoms with van der Waals surface area (Å²) < 4.78 is 10.3. The molecule has 0 bridgehead atoms. The van der Waals surface area contributed by atoms with Gasteiger partial charge in [-0.2, -0.15) is 0 Å². The Morgan fingerprint density at radius 3 is 1.80 bits per heavy atom. The summed E-state index contributed by atoms with van der Waals surface area (Å²) >= 11 is 0. The molecule has 0 radical (unpaired) electrons. The highest BCUT2D eigenvalue weighted by atomic mass is 16.7. The van der Waals surface area contributed by atoms with E-state index in [1.807, 2.05) is 0 Å². The third-order valence-electron chi connectivity index (χ3n) is 3.95. The highest BCUT2D eigenvalue weighted by molar-refractivity contribution is 5.67. The maximum atomic E-state index is 9.80. The average molecular weight is 364 g/mol. The van der Waals surface area contributed by atoms with Crippen molar-refractivity contribution in [3.63, 3.8) is 0 Å². The van der Waals surface area contributed by atoms with Crippen LogP contribution in [-0.2, 0) is 15.9 Å². The number of rotatable bonds is 5. The van der Waals surface area contributed by atoms with Crippen molar-refractivity contribution in [1.29, 1.82) is 0 Å². The lowest BCUT2D eigenvalue weighted by Gasteiger charge is -2.39. The van der Waals surface area contributed by atoms with Gasteiger partial charge in [-0.25, -0.2) is 0 Å². The zero-order chi connectivity index (χ0) is 18.9. The fourth-order valence-electron chi connectivity index (χ4n) is 2.45. The van der Waals surface area contributed by atoms with Gasteiger partial charge < -0.3 is 55.4 Å². The summed E-state index contributed by atoms with van der Waals surface area (Å²) in [6, 6.07) is 0. The Hall–Kier alpha value is -2.02. The lowest BCUT2D eigenvalue weighted by atomic mass is 9.99. The number of aromatic hydroxyl groups is 5. The Morgan fingerprint density at radius 2 is 1.28 bits per heavy atom. The maximum Gasteiger partial charge on any atom is 0.208 e. The summed E-state index contributed by atoms with van der Waals surface area (Å²) in [5.74, 6) is -4.89. The molecule has 1 aliphatic rings.